The molecular weight excluding hydrogens is 248 g/mol. The maximum atomic E-state index is 11.1. The number of rotatable bonds is 6. The number of hydrogen-bond donors (Lipinski definition) is 2. The molecular formula is C8H12N4O4S. The molecule has 2 N–H and O–H groups in total. The van der Waals surface area contributed by atoms with Crippen molar-refractivity contribution in [1.29, 1.82) is 0 Å². The molecule has 0 radical (unpaired) electrons. The highest BCUT2D eigenvalue weighted by Crippen LogP contribution is 2.11. The van der Waals surface area contributed by atoms with E-state index in [1.165, 1.54) is 19.2 Å². The molecule has 0 aliphatic heterocycles. The van der Waals surface area contributed by atoms with Crippen LogP contribution in [0.15, 0.2) is 18.3 Å². The van der Waals surface area contributed by atoms with Crippen LogP contribution in [-0.4, -0.2) is 37.7 Å². The van der Waals surface area contributed by atoms with Gasteiger partial charge < -0.3 is 5.32 Å². The topological polar surface area (TPSA) is 114 Å². The Kier molecular flexibility index (Phi) is 4.35. The van der Waals surface area contributed by atoms with E-state index in [9.17, 15) is 18.5 Å². The molecule has 0 aromatic carbocycles. The third-order valence-corrected chi connectivity index (χ3v) is 3.31. The van der Waals surface area contributed by atoms with Crippen LogP contribution in [0.5, 0.6) is 0 Å². The Morgan fingerprint density at radius 3 is 2.65 bits per heavy atom. The summed E-state index contributed by atoms with van der Waals surface area (Å²) < 4.78 is 24.3. The Hall–Kier alpha value is -1.74. The van der Waals surface area contributed by atoms with Gasteiger partial charge >= 0.3 is 0 Å². The van der Waals surface area contributed by atoms with Gasteiger partial charge in [0.1, 0.15) is 12.0 Å². The molecule has 17 heavy (non-hydrogen) atoms. The predicted molar refractivity (Wildman–Crippen MR) is 62.2 cm³/mol. The number of hydrogen-bond acceptors (Lipinski definition) is 6. The van der Waals surface area contributed by atoms with E-state index < -0.39 is 14.9 Å². The second kappa shape index (κ2) is 5.55. The van der Waals surface area contributed by atoms with Crippen LogP contribution in [0.2, 0.25) is 0 Å². The van der Waals surface area contributed by atoms with E-state index in [1.807, 2.05) is 0 Å². The molecule has 0 bridgehead atoms. The van der Waals surface area contributed by atoms with Gasteiger partial charge in [-0.25, -0.2) is 18.1 Å². The predicted octanol–water partition coefficient (Wildman–Crippen LogP) is -0.0491. The second-order valence-electron chi connectivity index (χ2n) is 3.11. The normalized spacial score (nSPS) is 11.1. The summed E-state index contributed by atoms with van der Waals surface area (Å²) in [6.07, 6.45) is 1.11. The van der Waals surface area contributed by atoms with Crippen molar-refractivity contribution in [2.75, 3.05) is 24.7 Å². The van der Waals surface area contributed by atoms with Gasteiger partial charge in [0.2, 0.25) is 10.0 Å². The van der Waals surface area contributed by atoms with Gasteiger partial charge in [-0.1, -0.05) is 0 Å². The molecule has 1 rings (SSSR count). The van der Waals surface area contributed by atoms with Crippen molar-refractivity contribution in [3.8, 4) is 0 Å². The minimum atomic E-state index is -3.26. The molecule has 8 nitrogen and oxygen atoms in total. The fraction of sp³-hybridized carbons (Fsp3) is 0.375. The highest BCUT2D eigenvalue weighted by Gasteiger charge is 2.07. The SMILES string of the molecule is CNS(=O)(=O)CCNc1ccc([N+](=O)[O-])cn1. The van der Waals surface area contributed by atoms with Crippen molar-refractivity contribution in [2.45, 2.75) is 0 Å². The van der Waals surface area contributed by atoms with Crippen LogP contribution < -0.4 is 10.0 Å². The van der Waals surface area contributed by atoms with Crippen LogP contribution in [0.4, 0.5) is 11.5 Å². The van der Waals surface area contributed by atoms with Crippen molar-refractivity contribution in [1.82, 2.24) is 9.71 Å². The number of nitrogens with one attached hydrogen (secondary N) is 2. The van der Waals surface area contributed by atoms with Crippen LogP contribution in [0.3, 0.4) is 0 Å². The lowest BCUT2D eigenvalue weighted by molar-refractivity contribution is -0.385. The fourth-order valence-corrected chi connectivity index (χ4v) is 1.59. The van der Waals surface area contributed by atoms with E-state index in [4.69, 9.17) is 0 Å². The summed E-state index contributed by atoms with van der Waals surface area (Å²) >= 11 is 0. The minimum absolute atomic E-state index is 0.0951. The van der Waals surface area contributed by atoms with Gasteiger partial charge in [-0.3, -0.25) is 10.1 Å². The van der Waals surface area contributed by atoms with Gasteiger partial charge in [0.05, 0.1) is 10.7 Å². The lowest BCUT2D eigenvalue weighted by Crippen LogP contribution is -2.26. The van der Waals surface area contributed by atoms with Gasteiger partial charge in [-0.2, -0.15) is 0 Å². The van der Waals surface area contributed by atoms with Gasteiger partial charge in [0, 0.05) is 12.6 Å². The molecule has 1 aromatic heterocycles. The standard InChI is InChI=1S/C8H12N4O4S/c1-9-17(15,16)5-4-10-8-3-2-7(6-11-8)12(13)14/h2-3,6,9H,4-5H2,1H3,(H,10,11). The molecule has 0 aliphatic rings. The first-order valence-electron chi connectivity index (χ1n) is 4.70. The average molecular weight is 260 g/mol. The third kappa shape index (κ3) is 4.33. The van der Waals surface area contributed by atoms with Crippen molar-refractivity contribution in [3.05, 3.63) is 28.4 Å². The second-order valence-corrected chi connectivity index (χ2v) is 5.15. The van der Waals surface area contributed by atoms with Crippen LogP contribution in [0, 0.1) is 10.1 Å². The number of nitro groups is 1. The first-order chi connectivity index (χ1) is 7.94. The zero-order valence-electron chi connectivity index (χ0n) is 9.08. The van der Waals surface area contributed by atoms with Gasteiger partial charge in [-0.15, -0.1) is 0 Å². The zero-order valence-corrected chi connectivity index (χ0v) is 9.90. The van der Waals surface area contributed by atoms with E-state index in [-0.39, 0.29) is 18.0 Å². The molecule has 0 fully saturated rings. The number of sulfonamides is 1. The highest BCUT2D eigenvalue weighted by atomic mass is 32.2. The number of pyridine rings is 1. The summed E-state index contributed by atoms with van der Waals surface area (Å²) in [4.78, 5) is 13.6. The molecule has 9 heteroatoms. The van der Waals surface area contributed by atoms with E-state index in [0.717, 1.165) is 6.20 Å². The van der Waals surface area contributed by atoms with Crippen LogP contribution in [0.25, 0.3) is 0 Å². The molecule has 0 amide bonds. The van der Waals surface area contributed by atoms with E-state index in [0.29, 0.717) is 5.82 Å². The lowest BCUT2D eigenvalue weighted by atomic mass is 10.4. The summed E-state index contributed by atoms with van der Waals surface area (Å²) in [6, 6.07) is 2.71. The summed E-state index contributed by atoms with van der Waals surface area (Å²) in [5.74, 6) is 0.296. The van der Waals surface area contributed by atoms with E-state index in [1.54, 1.807) is 0 Å². The fourth-order valence-electron chi connectivity index (χ4n) is 1.01. The monoisotopic (exact) mass is 260 g/mol. The Morgan fingerprint density at radius 1 is 1.47 bits per heavy atom. The molecule has 0 unspecified atom stereocenters. The first-order valence-corrected chi connectivity index (χ1v) is 6.35. The van der Waals surface area contributed by atoms with E-state index >= 15 is 0 Å². The summed E-state index contributed by atoms with van der Waals surface area (Å²) in [5.41, 5.74) is -0.113. The third-order valence-electron chi connectivity index (χ3n) is 1.95. The summed E-state index contributed by atoms with van der Waals surface area (Å²) in [5, 5.41) is 13.1. The smallest absolute Gasteiger partial charge is 0.287 e. The lowest BCUT2D eigenvalue weighted by Gasteiger charge is -2.05. The molecule has 0 atom stereocenters. The number of nitrogens with zero attached hydrogens (tertiary/aromatic N) is 2. The van der Waals surface area contributed by atoms with Gasteiger partial charge in [-0.05, 0) is 13.1 Å². The number of aromatic nitrogens is 1. The van der Waals surface area contributed by atoms with Gasteiger partial charge in [0.15, 0.2) is 0 Å². The van der Waals surface area contributed by atoms with E-state index in [2.05, 4.69) is 15.0 Å². The van der Waals surface area contributed by atoms with Crippen molar-refractivity contribution < 1.29 is 13.3 Å². The van der Waals surface area contributed by atoms with Crippen molar-refractivity contribution in [3.63, 3.8) is 0 Å². The van der Waals surface area contributed by atoms with Crippen LogP contribution in [0.1, 0.15) is 0 Å². The van der Waals surface area contributed by atoms with Crippen molar-refractivity contribution in [2.24, 2.45) is 0 Å². The first kappa shape index (κ1) is 13.3. The number of anilines is 1. The molecule has 1 heterocycles. The molecule has 94 valence electrons. The Morgan fingerprint density at radius 2 is 2.18 bits per heavy atom. The Labute approximate surface area is 98.3 Å². The van der Waals surface area contributed by atoms with Crippen LogP contribution in [-0.2, 0) is 10.0 Å². The maximum absolute atomic E-state index is 11.1. The van der Waals surface area contributed by atoms with Gasteiger partial charge in [0.25, 0.3) is 5.69 Å². The molecule has 0 saturated carbocycles. The molecule has 0 saturated heterocycles. The van der Waals surface area contributed by atoms with Crippen molar-refractivity contribution >= 4 is 21.5 Å². The zero-order chi connectivity index (χ0) is 12.9. The maximum Gasteiger partial charge on any atom is 0.287 e. The summed E-state index contributed by atoms with van der Waals surface area (Å²) in [7, 11) is -1.93. The largest absolute Gasteiger partial charge is 0.369 e. The van der Waals surface area contributed by atoms with Crippen LogP contribution >= 0.6 is 0 Å². The Bertz CT molecular complexity index is 485. The average Bonchev–Trinajstić information content (AvgIpc) is 2.29. The summed E-state index contributed by atoms with van der Waals surface area (Å²) in [6.45, 7) is 0.175. The molecule has 0 spiro atoms. The Balaban J connectivity index is 2.51. The molecule has 0 aliphatic carbocycles. The highest BCUT2D eigenvalue weighted by molar-refractivity contribution is 7.89. The quantitative estimate of drug-likeness (QED) is 0.547. The minimum Gasteiger partial charge on any atom is -0.369 e. The molecule has 1 aromatic rings.